The number of imidazole rings is 1. The van der Waals surface area contributed by atoms with E-state index in [2.05, 4.69) is 33.9 Å². The molecule has 1 aliphatic rings. The summed E-state index contributed by atoms with van der Waals surface area (Å²) in [5, 5.41) is 3.32. The SMILES string of the molecule is CCN1CCN(C(CNC)c2nc(C)[nH]c2C)CC1. The van der Waals surface area contributed by atoms with Crippen molar-refractivity contribution in [2.45, 2.75) is 26.8 Å². The van der Waals surface area contributed by atoms with E-state index in [1.807, 2.05) is 14.0 Å². The maximum absolute atomic E-state index is 4.69. The van der Waals surface area contributed by atoms with E-state index >= 15 is 0 Å². The van der Waals surface area contributed by atoms with Gasteiger partial charge in [0.2, 0.25) is 0 Å². The molecule has 19 heavy (non-hydrogen) atoms. The zero-order chi connectivity index (χ0) is 13.8. The zero-order valence-electron chi connectivity index (χ0n) is 12.7. The molecule has 1 unspecified atom stereocenters. The van der Waals surface area contributed by atoms with Gasteiger partial charge in [-0.05, 0) is 27.4 Å². The molecule has 0 saturated carbocycles. The molecular formula is C14H27N5. The number of hydrogen-bond acceptors (Lipinski definition) is 4. The van der Waals surface area contributed by atoms with Crippen molar-refractivity contribution >= 4 is 0 Å². The van der Waals surface area contributed by atoms with Crippen molar-refractivity contribution in [2.24, 2.45) is 0 Å². The van der Waals surface area contributed by atoms with E-state index in [1.165, 1.54) is 24.5 Å². The average molecular weight is 265 g/mol. The lowest BCUT2D eigenvalue weighted by atomic mass is 10.1. The molecule has 1 aliphatic heterocycles. The predicted molar refractivity (Wildman–Crippen MR) is 78.4 cm³/mol. The van der Waals surface area contributed by atoms with Crippen molar-refractivity contribution in [2.75, 3.05) is 46.3 Å². The molecule has 0 radical (unpaired) electrons. The van der Waals surface area contributed by atoms with Crippen LogP contribution < -0.4 is 5.32 Å². The Morgan fingerprint density at radius 1 is 1.26 bits per heavy atom. The Balaban J connectivity index is 2.10. The highest BCUT2D eigenvalue weighted by Gasteiger charge is 2.26. The first-order valence-electron chi connectivity index (χ1n) is 7.29. The van der Waals surface area contributed by atoms with Crippen LogP contribution in [0.1, 0.15) is 30.2 Å². The lowest BCUT2D eigenvalue weighted by Crippen LogP contribution is -2.49. The quantitative estimate of drug-likeness (QED) is 0.831. The highest BCUT2D eigenvalue weighted by atomic mass is 15.3. The topological polar surface area (TPSA) is 47.2 Å². The van der Waals surface area contributed by atoms with Crippen LogP contribution in [-0.4, -0.2) is 66.1 Å². The molecule has 2 heterocycles. The minimum atomic E-state index is 0.383. The third-order valence-corrected chi connectivity index (χ3v) is 4.05. The molecule has 1 saturated heterocycles. The number of piperazine rings is 1. The molecule has 1 fully saturated rings. The number of aryl methyl sites for hydroxylation is 2. The molecule has 108 valence electrons. The van der Waals surface area contributed by atoms with Crippen molar-refractivity contribution in [3.63, 3.8) is 0 Å². The Morgan fingerprint density at radius 2 is 1.95 bits per heavy atom. The second-order valence-corrected chi connectivity index (χ2v) is 5.38. The van der Waals surface area contributed by atoms with Crippen LogP contribution in [0.2, 0.25) is 0 Å². The van der Waals surface area contributed by atoms with Crippen LogP contribution >= 0.6 is 0 Å². The van der Waals surface area contributed by atoms with Gasteiger partial charge in [0.25, 0.3) is 0 Å². The van der Waals surface area contributed by atoms with Crippen molar-refractivity contribution in [3.8, 4) is 0 Å². The fourth-order valence-corrected chi connectivity index (χ4v) is 2.94. The van der Waals surface area contributed by atoms with Gasteiger partial charge in [0, 0.05) is 38.4 Å². The maximum Gasteiger partial charge on any atom is 0.103 e. The standard InChI is InChI=1S/C14H27N5/c1-5-18-6-8-19(9-7-18)13(10-15-4)14-11(2)16-12(3)17-14/h13,15H,5-10H2,1-4H3,(H,16,17). The first-order chi connectivity index (χ1) is 9.15. The summed E-state index contributed by atoms with van der Waals surface area (Å²) in [4.78, 5) is 13.1. The Bertz CT molecular complexity index is 393. The summed E-state index contributed by atoms with van der Waals surface area (Å²) in [6.07, 6.45) is 0. The molecule has 0 amide bonds. The summed E-state index contributed by atoms with van der Waals surface area (Å²) in [6.45, 7) is 13.1. The van der Waals surface area contributed by atoms with Gasteiger partial charge in [-0.3, -0.25) is 4.90 Å². The average Bonchev–Trinajstić information content (AvgIpc) is 2.75. The van der Waals surface area contributed by atoms with Crippen LogP contribution in [0.25, 0.3) is 0 Å². The minimum Gasteiger partial charge on any atom is -0.346 e. The van der Waals surface area contributed by atoms with E-state index < -0.39 is 0 Å². The first kappa shape index (κ1) is 14.5. The highest BCUT2D eigenvalue weighted by Crippen LogP contribution is 2.23. The number of aromatic amines is 1. The maximum atomic E-state index is 4.69. The van der Waals surface area contributed by atoms with Crippen LogP contribution in [0, 0.1) is 13.8 Å². The smallest absolute Gasteiger partial charge is 0.103 e. The van der Waals surface area contributed by atoms with E-state index in [9.17, 15) is 0 Å². The van der Waals surface area contributed by atoms with Crippen LogP contribution in [0.3, 0.4) is 0 Å². The fraction of sp³-hybridized carbons (Fsp3) is 0.786. The summed E-state index contributed by atoms with van der Waals surface area (Å²) in [5.41, 5.74) is 2.41. The molecule has 5 heteroatoms. The van der Waals surface area contributed by atoms with Crippen molar-refractivity contribution in [1.29, 1.82) is 0 Å². The van der Waals surface area contributed by atoms with Crippen molar-refractivity contribution < 1.29 is 0 Å². The molecule has 2 N–H and O–H groups in total. The number of nitrogens with one attached hydrogen (secondary N) is 2. The lowest BCUT2D eigenvalue weighted by molar-refractivity contribution is 0.0973. The van der Waals surface area contributed by atoms with Gasteiger partial charge >= 0.3 is 0 Å². The number of rotatable bonds is 5. The van der Waals surface area contributed by atoms with Gasteiger partial charge in [0.1, 0.15) is 5.82 Å². The Hall–Kier alpha value is -0.910. The van der Waals surface area contributed by atoms with E-state index in [0.717, 1.165) is 32.0 Å². The number of likely N-dealkylation sites (N-methyl/N-ethyl adjacent to an activating group) is 2. The van der Waals surface area contributed by atoms with Gasteiger partial charge in [-0.15, -0.1) is 0 Å². The summed E-state index contributed by atoms with van der Waals surface area (Å²) >= 11 is 0. The molecule has 0 bridgehead atoms. The van der Waals surface area contributed by atoms with Gasteiger partial charge in [0.05, 0.1) is 11.7 Å². The summed E-state index contributed by atoms with van der Waals surface area (Å²) in [6, 6.07) is 0.383. The van der Waals surface area contributed by atoms with Gasteiger partial charge in [-0.1, -0.05) is 6.92 Å². The lowest BCUT2D eigenvalue weighted by Gasteiger charge is -2.38. The molecular weight excluding hydrogens is 238 g/mol. The Morgan fingerprint density at radius 3 is 2.42 bits per heavy atom. The predicted octanol–water partition coefficient (Wildman–Crippen LogP) is 0.925. The molecule has 1 aromatic heterocycles. The zero-order valence-corrected chi connectivity index (χ0v) is 12.7. The van der Waals surface area contributed by atoms with E-state index in [1.54, 1.807) is 0 Å². The monoisotopic (exact) mass is 265 g/mol. The molecule has 0 aromatic carbocycles. The van der Waals surface area contributed by atoms with Crippen LogP contribution in [0.4, 0.5) is 0 Å². The van der Waals surface area contributed by atoms with Crippen molar-refractivity contribution in [3.05, 3.63) is 17.2 Å². The number of aromatic nitrogens is 2. The molecule has 0 aliphatic carbocycles. The summed E-state index contributed by atoms with van der Waals surface area (Å²) in [5.74, 6) is 1.01. The molecule has 1 aromatic rings. The number of hydrogen-bond donors (Lipinski definition) is 2. The normalized spacial score (nSPS) is 19.8. The Kier molecular flexibility index (Phi) is 4.96. The number of nitrogens with zero attached hydrogens (tertiary/aromatic N) is 3. The van der Waals surface area contributed by atoms with Gasteiger partial charge < -0.3 is 15.2 Å². The van der Waals surface area contributed by atoms with Crippen LogP contribution in [0.5, 0.6) is 0 Å². The molecule has 2 rings (SSSR count). The second-order valence-electron chi connectivity index (χ2n) is 5.38. The molecule has 5 nitrogen and oxygen atoms in total. The summed E-state index contributed by atoms with van der Waals surface area (Å²) in [7, 11) is 2.02. The van der Waals surface area contributed by atoms with Gasteiger partial charge in [-0.25, -0.2) is 4.98 Å². The third-order valence-electron chi connectivity index (χ3n) is 4.05. The molecule has 0 spiro atoms. The molecule has 1 atom stereocenters. The number of H-pyrrole nitrogens is 1. The minimum absolute atomic E-state index is 0.383. The second kappa shape index (κ2) is 6.50. The summed E-state index contributed by atoms with van der Waals surface area (Å²) < 4.78 is 0. The fourth-order valence-electron chi connectivity index (χ4n) is 2.94. The van der Waals surface area contributed by atoms with Crippen LogP contribution in [0.15, 0.2) is 0 Å². The van der Waals surface area contributed by atoms with E-state index in [0.29, 0.717) is 6.04 Å². The van der Waals surface area contributed by atoms with Crippen molar-refractivity contribution in [1.82, 2.24) is 25.1 Å². The van der Waals surface area contributed by atoms with E-state index in [-0.39, 0.29) is 0 Å². The van der Waals surface area contributed by atoms with E-state index in [4.69, 9.17) is 4.98 Å². The van der Waals surface area contributed by atoms with Crippen LogP contribution in [-0.2, 0) is 0 Å². The highest BCUT2D eigenvalue weighted by molar-refractivity contribution is 5.17. The largest absolute Gasteiger partial charge is 0.346 e. The Labute approximate surface area is 116 Å². The van der Waals surface area contributed by atoms with Gasteiger partial charge in [-0.2, -0.15) is 0 Å². The van der Waals surface area contributed by atoms with Gasteiger partial charge in [0.15, 0.2) is 0 Å². The third kappa shape index (κ3) is 3.35. The first-order valence-corrected chi connectivity index (χ1v) is 7.29.